The van der Waals surface area contributed by atoms with Crippen molar-refractivity contribution in [1.29, 1.82) is 0 Å². The molecular weight excluding hydrogens is 697 g/mol. The lowest BCUT2D eigenvalue weighted by Crippen LogP contribution is -2.04. The first-order valence-electron chi connectivity index (χ1n) is 21.3. The predicted octanol–water partition coefficient (Wildman–Crippen LogP) is 13.1. The smallest absolute Gasteiger partial charge is 0.163 e. The van der Waals surface area contributed by atoms with Crippen LogP contribution in [0.2, 0.25) is 0 Å². The van der Waals surface area contributed by atoms with Crippen LogP contribution in [0.15, 0.2) is 198 Å². The van der Waals surface area contributed by atoms with Gasteiger partial charge in [-0.2, -0.15) is 0 Å². The van der Waals surface area contributed by atoms with Crippen LogP contribution < -0.4 is 0 Å². The monoisotopic (exact) mass is 735 g/mol. The SMILES string of the molecule is [2H]c1c([2H])c([2H])c(-c2cccc(-c3nc(Cc4cccc5oc6ccc(-c7ccc8c(c7)c7ccccc7n8-c7ccccc7)cc6c45)nc(-c4ccccc4)n3)c2)c([2H])c1[2H]. The Kier molecular flexibility index (Phi) is 6.65. The normalized spacial score (nSPS) is 12.8. The van der Waals surface area contributed by atoms with Crippen LogP contribution in [-0.4, -0.2) is 19.5 Å². The highest BCUT2D eigenvalue weighted by atomic mass is 16.3. The maximum absolute atomic E-state index is 8.60. The minimum Gasteiger partial charge on any atom is -0.456 e. The molecule has 0 aliphatic heterocycles. The molecule has 0 aliphatic rings. The van der Waals surface area contributed by atoms with E-state index in [1.807, 2.05) is 60.7 Å². The molecule has 0 N–H and O–H groups in total. The van der Waals surface area contributed by atoms with Gasteiger partial charge in [-0.25, -0.2) is 15.0 Å². The van der Waals surface area contributed by atoms with Gasteiger partial charge < -0.3 is 8.98 Å². The summed E-state index contributed by atoms with van der Waals surface area (Å²) >= 11 is 0. The molecule has 0 bridgehead atoms. The molecule has 0 fully saturated rings. The summed E-state index contributed by atoms with van der Waals surface area (Å²) in [6.45, 7) is 0. The van der Waals surface area contributed by atoms with Crippen LogP contribution in [0.5, 0.6) is 0 Å². The Morgan fingerprint density at radius 3 is 1.95 bits per heavy atom. The fraction of sp³-hybridized carbons (Fsp3) is 0.0192. The van der Waals surface area contributed by atoms with E-state index < -0.39 is 6.04 Å². The van der Waals surface area contributed by atoms with Crippen molar-refractivity contribution in [3.05, 3.63) is 205 Å². The zero-order valence-electron chi connectivity index (χ0n) is 35.5. The van der Waals surface area contributed by atoms with Gasteiger partial charge in [-0.05, 0) is 82.4 Å². The van der Waals surface area contributed by atoms with Crippen molar-refractivity contribution in [1.82, 2.24) is 19.5 Å². The average molecular weight is 736 g/mol. The van der Waals surface area contributed by atoms with Gasteiger partial charge in [0.15, 0.2) is 11.6 Å². The van der Waals surface area contributed by atoms with Crippen molar-refractivity contribution in [2.24, 2.45) is 0 Å². The van der Waals surface area contributed by atoms with Gasteiger partial charge in [0, 0.05) is 44.8 Å². The molecule has 0 atom stereocenters. The van der Waals surface area contributed by atoms with Crippen LogP contribution in [0.3, 0.4) is 0 Å². The van der Waals surface area contributed by atoms with Gasteiger partial charge in [0.05, 0.1) is 17.9 Å². The number of hydrogen-bond donors (Lipinski definition) is 0. The van der Waals surface area contributed by atoms with Crippen LogP contribution in [0.1, 0.15) is 18.2 Å². The van der Waals surface area contributed by atoms with Gasteiger partial charge in [-0.15, -0.1) is 0 Å². The average Bonchev–Trinajstić information content (AvgIpc) is 3.86. The lowest BCUT2D eigenvalue weighted by Gasteiger charge is -2.10. The highest BCUT2D eigenvalue weighted by Gasteiger charge is 2.18. The molecule has 0 saturated heterocycles. The van der Waals surface area contributed by atoms with E-state index in [1.165, 1.54) is 10.8 Å². The molecule has 5 heteroatoms. The predicted molar refractivity (Wildman–Crippen MR) is 232 cm³/mol. The fourth-order valence-electron chi connectivity index (χ4n) is 7.96. The number of rotatable bonds is 7. The van der Waals surface area contributed by atoms with E-state index in [0.717, 1.165) is 60.9 Å². The first-order valence-corrected chi connectivity index (χ1v) is 18.8. The highest BCUT2D eigenvalue weighted by Crippen LogP contribution is 2.38. The Bertz CT molecular complexity index is 3540. The summed E-state index contributed by atoms with van der Waals surface area (Å²) in [6.07, 6.45) is 0.374. The van der Waals surface area contributed by atoms with Crippen molar-refractivity contribution < 1.29 is 11.3 Å². The lowest BCUT2D eigenvalue weighted by atomic mass is 9.98. The third-order valence-electron chi connectivity index (χ3n) is 10.6. The topological polar surface area (TPSA) is 56.7 Å². The third kappa shape index (κ3) is 5.85. The van der Waals surface area contributed by atoms with Gasteiger partial charge in [-0.3, -0.25) is 0 Å². The maximum Gasteiger partial charge on any atom is 0.163 e. The van der Waals surface area contributed by atoms with E-state index in [-0.39, 0.29) is 29.7 Å². The number of furan rings is 1. The molecule has 0 amide bonds. The zero-order valence-corrected chi connectivity index (χ0v) is 30.5. The number of para-hydroxylation sites is 2. The van der Waals surface area contributed by atoms with Crippen LogP contribution in [-0.2, 0) is 6.42 Å². The number of benzene rings is 8. The zero-order chi connectivity index (χ0) is 42.1. The third-order valence-corrected chi connectivity index (χ3v) is 10.6. The Morgan fingerprint density at radius 1 is 0.456 bits per heavy atom. The summed E-state index contributed by atoms with van der Waals surface area (Å²) in [7, 11) is 0. The Labute approximate surface area is 336 Å². The Hall–Kier alpha value is -7.63. The second kappa shape index (κ2) is 13.6. The largest absolute Gasteiger partial charge is 0.456 e. The van der Waals surface area contributed by atoms with Crippen molar-refractivity contribution in [3.8, 4) is 50.7 Å². The molecule has 3 heterocycles. The molecule has 3 aromatic heterocycles. The number of aromatic nitrogens is 4. The quantitative estimate of drug-likeness (QED) is 0.164. The van der Waals surface area contributed by atoms with Gasteiger partial charge in [0.2, 0.25) is 0 Å². The maximum atomic E-state index is 8.60. The van der Waals surface area contributed by atoms with Crippen LogP contribution >= 0.6 is 0 Å². The first kappa shape index (κ1) is 27.9. The minimum atomic E-state index is -0.434. The van der Waals surface area contributed by atoms with Crippen molar-refractivity contribution in [2.45, 2.75) is 6.42 Å². The lowest BCUT2D eigenvalue weighted by molar-refractivity contribution is 0.668. The summed E-state index contributed by atoms with van der Waals surface area (Å²) in [4.78, 5) is 14.9. The molecule has 11 rings (SSSR count). The molecule has 8 aromatic carbocycles. The molecule has 5 nitrogen and oxygen atoms in total. The van der Waals surface area contributed by atoms with E-state index in [1.54, 1.807) is 18.2 Å². The van der Waals surface area contributed by atoms with E-state index >= 15 is 0 Å². The molecule has 268 valence electrons. The van der Waals surface area contributed by atoms with E-state index in [4.69, 9.17) is 26.2 Å². The summed E-state index contributed by atoms with van der Waals surface area (Å²) in [5.41, 5.74) is 10.2. The van der Waals surface area contributed by atoms with Gasteiger partial charge in [0.25, 0.3) is 0 Å². The first-order chi connectivity index (χ1) is 30.3. The molecule has 0 aliphatic carbocycles. The summed E-state index contributed by atoms with van der Waals surface area (Å²) in [5.74, 6) is 1.44. The number of fused-ring (bicyclic) bond motifs is 6. The summed E-state index contributed by atoms with van der Waals surface area (Å²) in [5, 5.41) is 4.34. The van der Waals surface area contributed by atoms with Crippen molar-refractivity contribution in [3.63, 3.8) is 0 Å². The summed E-state index contributed by atoms with van der Waals surface area (Å²) in [6, 6.07) is 53.2. The Morgan fingerprint density at radius 2 is 1.11 bits per heavy atom. The minimum absolute atomic E-state index is 0.118. The second-order valence-corrected chi connectivity index (χ2v) is 14.0. The molecule has 11 aromatic rings. The van der Waals surface area contributed by atoms with Gasteiger partial charge in [-0.1, -0.05) is 139 Å². The van der Waals surface area contributed by atoms with Crippen LogP contribution in [0.4, 0.5) is 0 Å². The molecule has 0 saturated carbocycles. The molecular formula is C52H34N4O. The van der Waals surface area contributed by atoms with E-state index in [0.29, 0.717) is 35.0 Å². The fourth-order valence-corrected chi connectivity index (χ4v) is 7.96. The van der Waals surface area contributed by atoms with E-state index in [9.17, 15) is 0 Å². The number of nitrogens with zero attached hydrogens (tertiary/aromatic N) is 4. The number of hydrogen-bond acceptors (Lipinski definition) is 4. The molecule has 0 unspecified atom stereocenters. The molecule has 0 radical (unpaired) electrons. The van der Waals surface area contributed by atoms with Crippen LogP contribution in [0, 0.1) is 0 Å². The molecule has 57 heavy (non-hydrogen) atoms. The molecule has 0 spiro atoms. The highest BCUT2D eigenvalue weighted by molar-refractivity contribution is 6.11. The standard InChI is InChI=1S/C52H34N4O/c1-4-14-34(15-5-1)36-18-12-20-40(30-36)52-54-49(53-51(55-52)35-16-6-2-7-17-35)33-39-19-13-25-48-50(39)44-32-38(27-29-47(44)57-48)37-26-28-46-43(31-37)42-23-10-11-24-45(42)56(46)41-21-8-3-9-22-41/h1-32H,33H2/i1D,4D,5D,14D,15D. The van der Waals surface area contributed by atoms with Gasteiger partial charge >= 0.3 is 0 Å². The second-order valence-electron chi connectivity index (χ2n) is 14.0. The van der Waals surface area contributed by atoms with E-state index in [2.05, 4.69) is 89.5 Å². The van der Waals surface area contributed by atoms with Gasteiger partial charge in [0.1, 0.15) is 17.0 Å². The Balaban J connectivity index is 1.02. The van der Waals surface area contributed by atoms with Crippen molar-refractivity contribution >= 4 is 43.7 Å². The van der Waals surface area contributed by atoms with Crippen LogP contribution in [0.25, 0.3) is 94.5 Å². The van der Waals surface area contributed by atoms with Crippen molar-refractivity contribution in [2.75, 3.05) is 0 Å². The summed E-state index contributed by atoms with van der Waals surface area (Å²) < 4.78 is 50.5.